The minimum Gasteiger partial charge on any atom is -0.496 e. The van der Waals surface area contributed by atoms with Crippen LogP contribution < -0.4 is 10.3 Å². The molecule has 0 saturated carbocycles. The first kappa shape index (κ1) is 14.4. The third-order valence-corrected chi connectivity index (χ3v) is 3.44. The van der Waals surface area contributed by atoms with Crippen molar-refractivity contribution in [1.29, 1.82) is 0 Å². The second-order valence-corrected chi connectivity index (χ2v) is 4.82. The average molecular weight is 271 g/mol. The maximum absolute atomic E-state index is 12.6. The molecule has 0 amide bonds. The number of hydrogen-bond acceptors (Lipinski definition) is 2. The lowest BCUT2D eigenvalue weighted by Crippen LogP contribution is -2.19. The van der Waals surface area contributed by atoms with Gasteiger partial charge >= 0.3 is 0 Å². The van der Waals surface area contributed by atoms with Crippen LogP contribution >= 0.6 is 0 Å². The third kappa shape index (κ3) is 2.62. The van der Waals surface area contributed by atoms with Crippen LogP contribution in [0.15, 0.2) is 35.1 Å². The first-order valence-corrected chi connectivity index (χ1v) is 7.06. The van der Waals surface area contributed by atoms with Crippen molar-refractivity contribution in [2.75, 3.05) is 7.11 Å². The Labute approximate surface area is 119 Å². The Bertz CT molecular complexity index is 683. The van der Waals surface area contributed by atoms with Gasteiger partial charge in [0.2, 0.25) is 0 Å². The second kappa shape index (κ2) is 6.42. The molecule has 0 bridgehead atoms. The fourth-order valence-electron chi connectivity index (χ4n) is 2.42. The number of rotatable bonds is 5. The molecule has 0 aliphatic carbocycles. The van der Waals surface area contributed by atoms with Crippen molar-refractivity contribution in [1.82, 2.24) is 4.57 Å². The van der Waals surface area contributed by atoms with E-state index in [-0.39, 0.29) is 5.56 Å². The minimum atomic E-state index is 0.0191. The van der Waals surface area contributed by atoms with Crippen molar-refractivity contribution in [3.8, 4) is 5.75 Å². The molecule has 2 rings (SSSR count). The largest absolute Gasteiger partial charge is 0.496 e. The highest BCUT2D eigenvalue weighted by Crippen LogP contribution is 2.24. The van der Waals surface area contributed by atoms with Crippen LogP contribution in [0.3, 0.4) is 0 Å². The topological polar surface area (TPSA) is 31.2 Å². The Morgan fingerprint density at radius 2 is 2.10 bits per heavy atom. The van der Waals surface area contributed by atoms with Gasteiger partial charge in [0.25, 0.3) is 5.56 Å². The molecule has 20 heavy (non-hydrogen) atoms. The molecule has 0 spiro atoms. The molecule has 106 valence electrons. The van der Waals surface area contributed by atoms with Gasteiger partial charge in [-0.15, -0.1) is 0 Å². The van der Waals surface area contributed by atoms with Crippen molar-refractivity contribution in [3.63, 3.8) is 0 Å². The van der Waals surface area contributed by atoms with E-state index in [1.54, 1.807) is 11.7 Å². The Morgan fingerprint density at radius 3 is 2.75 bits per heavy atom. The van der Waals surface area contributed by atoms with E-state index in [1.165, 1.54) is 0 Å². The van der Waals surface area contributed by atoms with Crippen molar-refractivity contribution >= 4 is 17.0 Å². The maximum Gasteiger partial charge on any atom is 0.262 e. The summed E-state index contributed by atoms with van der Waals surface area (Å²) in [5, 5.41) is 1.59. The Balaban J connectivity index is 2.75. The predicted molar refractivity (Wildman–Crippen MR) is 84.4 cm³/mol. The van der Waals surface area contributed by atoms with Gasteiger partial charge < -0.3 is 4.74 Å². The van der Waals surface area contributed by atoms with Gasteiger partial charge in [-0.05, 0) is 38.0 Å². The van der Waals surface area contributed by atoms with E-state index in [9.17, 15) is 4.79 Å². The van der Waals surface area contributed by atoms with Crippen LogP contribution in [0.4, 0.5) is 0 Å². The van der Waals surface area contributed by atoms with E-state index in [0.29, 0.717) is 5.39 Å². The highest BCUT2D eigenvalue weighted by molar-refractivity contribution is 5.88. The van der Waals surface area contributed by atoms with Crippen molar-refractivity contribution in [2.24, 2.45) is 0 Å². The number of methoxy groups -OCH3 is 1. The zero-order valence-corrected chi connectivity index (χ0v) is 12.3. The highest BCUT2D eigenvalue weighted by atomic mass is 16.5. The van der Waals surface area contributed by atoms with Crippen molar-refractivity contribution < 1.29 is 4.74 Å². The molecule has 0 atom stereocenters. The van der Waals surface area contributed by atoms with Gasteiger partial charge in [-0.3, -0.25) is 9.36 Å². The monoisotopic (exact) mass is 271 g/mol. The molecule has 1 aromatic heterocycles. The number of benzene rings is 1. The van der Waals surface area contributed by atoms with Gasteiger partial charge in [0.1, 0.15) is 5.75 Å². The molecule has 0 aliphatic heterocycles. The minimum absolute atomic E-state index is 0.0191. The lowest BCUT2D eigenvalue weighted by molar-refractivity contribution is 0.419. The van der Waals surface area contributed by atoms with E-state index >= 15 is 0 Å². The maximum atomic E-state index is 12.6. The van der Waals surface area contributed by atoms with E-state index in [2.05, 4.69) is 13.0 Å². The number of hydrogen-bond donors (Lipinski definition) is 0. The molecule has 0 aliphatic rings. The number of unbranched alkanes of at least 4 members (excludes halogenated alkanes) is 1. The number of pyridine rings is 1. The normalized spacial score (nSPS) is 11.3. The highest BCUT2D eigenvalue weighted by Gasteiger charge is 2.10. The molecule has 3 nitrogen and oxygen atoms in total. The molecule has 3 heteroatoms. The number of nitrogens with zero attached hydrogens (tertiary/aromatic N) is 1. The van der Waals surface area contributed by atoms with Crippen LogP contribution in [0, 0.1) is 0 Å². The summed E-state index contributed by atoms with van der Waals surface area (Å²) in [6, 6.07) is 7.68. The van der Waals surface area contributed by atoms with Crippen LogP contribution in [0.1, 0.15) is 32.4 Å². The van der Waals surface area contributed by atoms with E-state index in [1.807, 2.05) is 37.4 Å². The Kier molecular flexibility index (Phi) is 4.61. The molecule has 0 saturated heterocycles. The fraction of sp³-hybridized carbons (Fsp3) is 0.353. The second-order valence-electron chi connectivity index (χ2n) is 4.82. The number of fused-ring (bicyclic) bond motifs is 1. The molecule has 0 fully saturated rings. The van der Waals surface area contributed by atoms with Gasteiger partial charge in [-0.25, -0.2) is 0 Å². The zero-order valence-electron chi connectivity index (χ0n) is 12.3. The van der Waals surface area contributed by atoms with Gasteiger partial charge in [0, 0.05) is 17.3 Å². The average Bonchev–Trinajstić information content (AvgIpc) is 2.48. The summed E-state index contributed by atoms with van der Waals surface area (Å²) in [6.45, 7) is 4.07. The molecular formula is C17H21NO2. The third-order valence-electron chi connectivity index (χ3n) is 3.44. The summed E-state index contributed by atoms with van der Waals surface area (Å²) >= 11 is 0. The molecule has 0 unspecified atom stereocenters. The summed E-state index contributed by atoms with van der Waals surface area (Å²) < 4.78 is 7.12. The summed E-state index contributed by atoms with van der Waals surface area (Å²) in [4.78, 5) is 12.6. The first-order valence-electron chi connectivity index (χ1n) is 7.06. The summed E-state index contributed by atoms with van der Waals surface area (Å²) in [5.41, 5.74) is 1.05. The fourth-order valence-corrected chi connectivity index (χ4v) is 2.42. The molecular weight excluding hydrogens is 250 g/mol. The lowest BCUT2D eigenvalue weighted by atomic mass is 10.1. The quantitative estimate of drug-likeness (QED) is 0.827. The van der Waals surface area contributed by atoms with Crippen LogP contribution in [-0.2, 0) is 6.42 Å². The van der Waals surface area contributed by atoms with Crippen molar-refractivity contribution in [2.45, 2.75) is 33.1 Å². The van der Waals surface area contributed by atoms with Gasteiger partial charge in [-0.2, -0.15) is 0 Å². The summed E-state index contributed by atoms with van der Waals surface area (Å²) in [7, 11) is 1.64. The van der Waals surface area contributed by atoms with Gasteiger partial charge in [0.15, 0.2) is 0 Å². The van der Waals surface area contributed by atoms with Crippen LogP contribution in [0.25, 0.3) is 17.0 Å². The standard InChI is InChI=1S/C17H21NO2/c1-4-6-8-13-12-15-14(9-7-10-16(15)20-3)17(19)18(13)11-5-2/h5,7,9-12H,4,6,8H2,1-3H3. The molecule has 2 aromatic rings. The Morgan fingerprint density at radius 1 is 1.30 bits per heavy atom. The zero-order chi connectivity index (χ0) is 14.5. The number of allylic oxidation sites excluding steroid dienone is 1. The molecule has 1 heterocycles. The van der Waals surface area contributed by atoms with Crippen LogP contribution in [0.2, 0.25) is 0 Å². The van der Waals surface area contributed by atoms with Crippen molar-refractivity contribution in [3.05, 3.63) is 46.4 Å². The Hall–Kier alpha value is -2.03. The number of ether oxygens (including phenoxy) is 1. The van der Waals surface area contributed by atoms with E-state index in [4.69, 9.17) is 4.74 Å². The molecule has 0 radical (unpaired) electrons. The number of aryl methyl sites for hydroxylation is 1. The van der Waals surface area contributed by atoms with Crippen LogP contribution in [0.5, 0.6) is 5.75 Å². The summed E-state index contributed by atoms with van der Waals surface area (Å²) in [5.74, 6) is 0.755. The van der Waals surface area contributed by atoms with Gasteiger partial charge in [-0.1, -0.05) is 25.5 Å². The van der Waals surface area contributed by atoms with E-state index in [0.717, 1.165) is 36.1 Å². The van der Waals surface area contributed by atoms with Crippen LogP contribution in [-0.4, -0.2) is 11.7 Å². The molecule has 0 N–H and O–H groups in total. The number of aromatic nitrogens is 1. The predicted octanol–water partition coefficient (Wildman–Crippen LogP) is 3.84. The molecule has 1 aromatic carbocycles. The lowest BCUT2D eigenvalue weighted by Gasteiger charge is -2.12. The van der Waals surface area contributed by atoms with E-state index < -0.39 is 0 Å². The first-order chi connectivity index (χ1) is 9.72. The van der Waals surface area contributed by atoms with Gasteiger partial charge in [0.05, 0.1) is 12.5 Å². The SMILES string of the molecule is CC=Cn1c(CCCC)cc2c(OC)cccc2c1=O. The smallest absolute Gasteiger partial charge is 0.262 e. The summed E-state index contributed by atoms with van der Waals surface area (Å²) in [6.07, 6.45) is 6.80.